The van der Waals surface area contributed by atoms with Gasteiger partial charge in [-0.25, -0.2) is 4.39 Å². The molecular weight excluding hydrogens is 253 g/mol. The van der Waals surface area contributed by atoms with Crippen LogP contribution in [0.2, 0.25) is 0 Å². The van der Waals surface area contributed by atoms with Gasteiger partial charge in [0.15, 0.2) is 0 Å². The molecule has 2 aromatic rings. The van der Waals surface area contributed by atoms with Crippen molar-refractivity contribution >= 4 is 11.0 Å². The summed E-state index contributed by atoms with van der Waals surface area (Å²) < 4.78 is 19.2. The van der Waals surface area contributed by atoms with Crippen LogP contribution in [0.25, 0.3) is 11.0 Å². The molecule has 0 amide bonds. The summed E-state index contributed by atoms with van der Waals surface area (Å²) in [6, 6.07) is 6.79. The van der Waals surface area contributed by atoms with Gasteiger partial charge in [0.05, 0.1) is 6.04 Å². The van der Waals surface area contributed by atoms with E-state index in [-0.39, 0.29) is 17.3 Å². The third kappa shape index (κ3) is 3.83. The van der Waals surface area contributed by atoms with Crippen molar-refractivity contribution < 1.29 is 8.81 Å². The van der Waals surface area contributed by atoms with E-state index in [4.69, 9.17) is 4.42 Å². The minimum atomic E-state index is -0.223. The van der Waals surface area contributed by atoms with Gasteiger partial charge in [0.1, 0.15) is 17.2 Å². The molecule has 0 aliphatic heterocycles. The lowest BCUT2D eigenvalue weighted by Crippen LogP contribution is -2.26. The average Bonchev–Trinajstić information content (AvgIpc) is 2.75. The van der Waals surface area contributed by atoms with Crippen LogP contribution in [0.3, 0.4) is 0 Å². The van der Waals surface area contributed by atoms with E-state index in [0.717, 1.165) is 36.1 Å². The van der Waals surface area contributed by atoms with Gasteiger partial charge in [0.2, 0.25) is 0 Å². The van der Waals surface area contributed by atoms with Crippen LogP contribution in [0.15, 0.2) is 28.7 Å². The van der Waals surface area contributed by atoms with Gasteiger partial charge in [0.25, 0.3) is 0 Å². The second-order valence-electron chi connectivity index (χ2n) is 6.60. The Kier molecular flexibility index (Phi) is 4.48. The zero-order valence-corrected chi connectivity index (χ0v) is 12.8. The molecule has 110 valence electrons. The zero-order chi connectivity index (χ0) is 14.8. The molecule has 1 atom stereocenters. The maximum absolute atomic E-state index is 13.3. The first-order valence-corrected chi connectivity index (χ1v) is 7.31. The summed E-state index contributed by atoms with van der Waals surface area (Å²) in [5.41, 5.74) is 0.953. The monoisotopic (exact) mass is 277 g/mol. The van der Waals surface area contributed by atoms with E-state index < -0.39 is 0 Å². The first-order valence-electron chi connectivity index (χ1n) is 7.31. The van der Waals surface area contributed by atoms with Gasteiger partial charge < -0.3 is 9.73 Å². The number of rotatable bonds is 5. The highest BCUT2D eigenvalue weighted by Crippen LogP contribution is 2.32. The fourth-order valence-electron chi connectivity index (χ4n) is 2.41. The number of hydrogen-bond acceptors (Lipinski definition) is 2. The molecule has 0 fully saturated rings. The highest BCUT2D eigenvalue weighted by molar-refractivity contribution is 5.78. The summed E-state index contributed by atoms with van der Waals surface area (Å²) >= 11 is 0. The number of benzene rings is 1. The van der Waals surface area contributed by atoms with Crippen LogP contribution in [0.1, 0.15) is 52.3 Å². The first kappa shape index (κ1) is 15.0. The predicted molar refractivity (Wildman–Crippen MR) is 81.3 cm³/mol. The Hall–Kier alpha value is -1.35. The molecule has 0 spiro atoms. The van der Waals surface area contributed by atoms with Gasteiger partial charge in [0, 0.05) is 5.39 Å². The molecule has 1 N–H and O–H groups in total. The van der Waals surface area contributed by atoms with Crippen molar-refractivity contribution in [1.82, 2.24) is 5.32 Å². The Morgan fingerprint density at radius 3 is 2.65 bits per heavy atom. The highest BCUT2D eigenvalue weighted by atomic mass is 19.1. The third-order valence-corrected chi connectivity index (χ3v) is 3.30. The summed E-state index contributed by atoms with van der Waals surface area (Å²) in [5, 5.41) is 4.36. The van der Waals surface area contributed by atoms with Crippen molar-refractivity contribution in [2.24, 2.45) is 5.41 Å². The van der Waals surface area contributed by atoms with Crippen LogP contribution in [-0.4, -0.2) is 6.54 Å². The van der Waals surface area contributed by atoms with Crippen molar-refractivity contribution in [1.29, 1.82) is 0 Å². The quantitative estimate of drug-likeness (QED) is 0.827. The standard InChI is InChI=1S/C17H24FNO/c1-5-8-19-14(11-17(2,3)4)16-10-12-9-13(18)6-7-15(12)20-16/h6-7,9-10,14,19H,5,8,11H2,1-4H3. The third-order valence-electron chi connectivity index (χ3n) is 3.30. The van der Waals surface area contributed by atoms with E-state index in [1.54, 1.807) is 6.07 Å². The Balaban J connectivity index is 2.29. The molecule has 1 unspecified atom stereocenters. The molecule has 3 heteroatoms. The fraction of sp³-hybridized carbons (Fsp3) is 0.529. The van der Waals surface area contributed by atoms with Crippen molar-refractivity contribution in [2.45, 2.75) is 46.6 Å². The summed E-state index contributed by atoms with van der Waals surface area (Å²) in [6.45, 7) is 9.75. The van der Waals surface area contributed by atoms with Gasteiger partial charge in [-0.15, -0.1) is 0 Å². The topological polar surface area (TPSA) is 25.2 Å². The van der Waals surface area contributed by atoms with Gasteiger partial charge >= 0.3 is 0 Å². The molecule has 20 heavy (non-hydrogen) atoms. The minimum Gasteiger partial charge on any atom is -0.459 e. The Bertz CT molecular complexity index is 568. The van der Waals surface area contributed by atoms with Crippen LogP contribution in [-0.2, 0) is 0 Å². The van der Waals surface area contributed by atoms with Crippen molar-refractivity contribution in [3.05, 3.63) is 35.8 Å². The summed E-state index contributed by atoms with van der Waals surface area (Å²) in [6.07, 6.45) is 2.06. The van der Waals surface area contributed by atoms with E-state index in [9.17, 15) is 4.39 Å². The lowest BCUT2D eigenvalue weighted by Gasteiger charge is -2.25. The molecule has 1 heterocycles. The van der Waals surface area contributed by atoms with Crippen LogP contribution in [0.5, 0.6) is 0 Å². The van der Waals surface area contributed by atoms with Crippen molar-refractivity contribution in [3.63, 3.8) is 0 Å². The summed E-state index contributed by atoms with van der Waals surface area (Å²) in [7, 11) is 0. The van der Waals surface area contributed by atoms with Gasteiger partial charge in [-0.05, 0) is 49.1 Å². The maximum atomic E-state index is 13.3. The van der Waals surface area contributed by atoms with Crippen LogP contribution < -0.4 is 5.32 Å². The second-order valence-corrected chi connectivity index (χ2v) is 6.60. The molecule has 2 nitrogen and oxygen atoms in total. The lowest BCUT2D eigenvalue weighted by atomic mass is 9.87. The van der Waals surface area contributed by atoms with Crippen LogP contribution in [0.4, 0.5) is 4.39 Å². The summed E-state index contributed by atoms with van der Waals surface area (Å²) in [4.78, 5) is 0. The number of furan rings is 1. The molecule has 0 saturated heterocycles. The zero-order valence-electron chi connectivity index (χ0n) is 12.8. The largest absolute Gasteiger partial charge is 0.459 e. The van der Waals surface area contributed by atoms with E-state index in [2.05, 4.69) is 33.0 Å². The van der Waals surface area contributed by atoms with Gasteiger partial charge in [-0.1, -0.05) is 27.7 Å². The molecule has 0 radical (unpaired) electrons. The molecule has 2 rings (SSSR count). The van der Waals surface area contributed by atoms with Crippen molar-refractivity contribution in [3.8, 4) is 0 Å². The van der Waals surface area contributed by atoms with Crippen LogP contribution >= 0.6 is 0 Å². The van der Waals surface area contributed by atoms with Crippen LogP contribution in [0, 0.1) is 11.2 Å². The smallest absolute Gasteiger partial charge is 0.134 e. The normalized spacial score (nSPS) is 13.8. The SMILES string of the molecule is CCCNC(CC(C)(C)C)c1cc2cc(F)ccc2o1. The number of nitrogens with one attached hydrogen (secondary N) is 1. The van der Waals surface area contributed by atoms with E-state index in [0.29, 0.717) is 0 Å². The Morgan fingerprint density at radius 2 is 2.00 bits per heavy atom. The molecule has 0 bridgehead atoms. The maximum Gasteiger partial charge on any atom is 0.134 e. The van der Waals surface area contributed by atoms with Gasteiger partial charge in [-0.2, -0.15) is 0 Å². The molecular formula is C17H24FNO. The predicted octanol–water partition coefficient (Wildman–Crippen LogP) is 5.05. The number of hydrogen-bond donors (Lipinski definition) is 1. The minimum absolute atomic E-state index is 0.172. The lowest BCUT2D eigenvalue weighted by molar-refractivity contribution is 0.287. The molecule has 0 aliphatic rings. The average molecular weight is 277 g/mol. The molecule has 0 saturated carbocycles. The Morgan fingerprint density at radius 1 is 1.25 bits per heavy atom. The van der Waals surface area contributed by atoms with E-state index in [1.165, 1.54) is 12.1 Å². The number of fused-ring (bicyclic) bond motifs is 1. The first-order chi connectivity index (χ1) is 9.39. The molecule has 1 aromatic carbocycles. The highest BCUT2D eigenvalue weighted by Gasteiger charge is 2.22. The Labute approximate surface area is 120 Å². The summed E-state index contributed by atoms with van der Waals surface area (Å²) in [5.74, 6) is 0.674. The van der Waals surface area contributed by atoms with Gasteiger partial charge in [-0.3, -0.25) is 0 Å². The molecule has 1 aromatic heterocycles. The second kappa shape index (κ2) is 5.96. The van der Waals surface area contributed by atoms with Crippen molar-refractivity contribution in [2.75, 3.05) is 6.54 Å². The number of halogens is 1. The fourth-order valence-corrected chi connectivity index (χ4v) is 2.41. The van der Waals surface area contributed by atoms with E-state index in [1.807, 2.05) is 6.07 Å². The van der Waals surface area contributed by atoms with E-state index >= 15 is 0 Å². The molecule has 0 aliphatic carbocycles.